The maximum Gasteiger partial charge on any atom is 0.188 e. The highest BCUT2D eigenvalue weighted by Gasteiger charge is 2.23. The van der Waals surface area contributed by atoms with Crippen LogP contribution >= 0.6 is 24.0 Å². The summed E-state index contributed by atoms with van der Waals surface area (Å²) in [6, 6.07) is 0. The molecule has 0 unspecified atom stereocenters. The lowest BCUT2D eigenvalue weighted by atomic mass is 9.86. The van der Waals surface area contributed by atoms with Crippen molar-refractivity contribution in [2.24, 2.45) is 22.6 Å². The van der Waals surface area contributed by atoms with Crippen molar-refractivity contribution in [1.29, 1.82) is 0 Å². The maximum absolute atomic E-state index is 11.3. The molecule has 1 heterocycles. The average molecular weight is 401 g/mol. The highest BCUT2D eigenvalue weighted by atomic mass is 127. The monoisotopic (exact) mass is 401 g/mol. The van der Waals surface area contributed by atoms with Crippen LogP contribution in [-0.2, 0) is 9.84 Å². The van der Waals surface area contributed by atoms with Gasteiger partial charge in [0.25, 0.3) is 0 Å². The minimum absolute atomic E-state index is 0. The van der Waals surface area contributed by atoms with Crippen molar-refractivity contribution in [3.8, 4) is 0 Å². The fourth-order valence-corrected chi connectivity index (χ4v) is 3.94. The molecular formula is C12H24IN3O2S. The molecule has 7 heteroatoms. The summed E-state index contributed by atoms with van der Waals surface area (Å²) >= 11 is 0. The van der Waals surface area contributed by atoms with E-state index in [0.29, 0.717) is 23.4 Å². The number of aliphatic imine (C=N–C) groups is 1. The molecule has 1 saturated carbocycles. The van der Waals surface area contributed by atoms with Gasteiger partial charge in [-0.1, -0.05) is 6.42 Å². The van der Waals surface area contributed by atoms with E-state index < -0.39 is 9.84 Å². The summed E-state index contributed by atoms with van der Waals surface area (Å²) in [6.07, 6.45) is 5.36. The van der Waals surface area contributed by atoms with Gasteiger partial charge in [0.1, 0.15) is 9.84 Å². The lowest BCUT2D eigenvalue weighted by Gasteiger charge is -2.24. The van der Waals surface area contributed by atoms with Gasteiger partial charge in [0.15, 0.2) is 5.96 Å². The van der Waals surface area contributed by atoms with Crippen molar-refractivity contribution in [2.75, 3.05) is 24.6 Å². The van der Waals surface area contributed by atoms with Crippen LogP contribution in [0.2, 0.25) is 0 Å². The van der Waals surface area contributed by atoms with E-state index in [-0.39, 0.29) is 24.0 Å². The van der Waals surface area contributed by atoms with E-state index in [1.165, 1.54) is 19.3 Å². The number of nitrogens with two attached hydrogens (primary N) is 1. The third-order valence-corrected chi connectivity index (χ3v) is 5.71. The van der Waals surface area contributed by atoms with Crippen LogP contribution in [0.25, 0.3) is 0 Å². The standard InChI is InChI=1S/C12H23N3O2S.HI/c13-12(14-8-10-2-1-3-10)15-9-11-4-6-18(16,17)7-5-11;/h10-11H,1-9H2,(H3,13,14,15);1H. The van der Waals surface area contributed by atoms with Crippen LogP contribution in [0.15, 0.2) is 4.99 Å². The molecule has 112 valence electrons. The Labute approximate surface area is 132 Å². The number of hydrogen-bond donors (Lipinski definition) is 2. The molecule has 0 aromatic heterocycles. The van der Waals surface area contributed by atoms with Crippen molar-refractivity contribution < 1.29 is 8.42 Å². The predicted molar refractivity (Wildman–Crippen MR) is 88.6 cm³/mol. The van der Waals surface area contributed by atoms with Gasteiger partial charge in [-0.15, -0.1) is 24.0 Å². The zero-order valence-electron chi connectivity index (χ0n) is 11.2. The van der Waals surface area contributed by atoms with E-state index in [1.807, 2.05) is 0 Å². The number of hydrogen-bond acceptors (Lipinski definition) is 3. The molecule has 0 atom stereocenters. The van der Waals surface area contributed by atoms with Gasteiger partial charge in [0.2, 0.25) is 0 Å². The molecule has 0 amide bonds. The van der Waals surface area contributed by atoms with E-state index in [1.54, 1.807) is 0 Å². The Morgan fingerprint density at radius 3 is 2.32 bits per heavy atom. The molecule has 3 N–H and O–H groups in total. The lowest BCUT2D eigenvalue weighted by molar-refractivity contribution is 0.326. The van der Waals surface area contributed by atoms with Gasteiger partial charge in [-0.05, 0) is 37.5 Å². The molecule has 0 radical (unpaired) electrons. The van der Waals surface area contributed by atoms with Gasteiger partial charge in [0.05, 0.1) is 11.5 Å². The van der Waals surface area contributed by atoms with Crippen LogP contribution < -0.4 is 11.1 Å². The van der Waals surface area contributed by atoms with E-state index in [4.69, 9.17) is 5.73 Å². The molecule has 0 spiro atoms. The molecule has 0 aromatic rings. The average Bonchev–Trinajstić information content (AvgIpc) is 2.25. The van der Waals surface area contributed by atoms with Crippen LogP contribution in [0.3, 0.4) is 0 Å². The van der Waals surface area contributed by atoms with Gasteiger partial charge in [-0.2, -0.15) is 0 Å². The summed E-state index contributed by atoms with van der Waals surface area (Å²) in [7, 11) is -2.76. The summed E-state index contributed by atoms with van der Waals surface area (Å²) < 4.78 is 22.6. The number of halogens is 1. The van der Waals surface area contributed by atoms with E-state index in [2.05, 4.69) is 10.3 Å². The normalized spacial score (nSPS) is 24.3. The van der Waals surface area contributed by atoms with Crippen molar-refractivity contribution in [2.45, 2.75) is 32.1 Å². The SMILES string of the molecule is I.NC(=NCC1CCC1)NCC1CCS(=O)(=O)CC1. The van der Waals surface area contributed by atoms with Gasteiger partial charge >= 0.3 is 0 Å². The van der Waals surface area contributed by atoms with Crippen LogP contribution in [0.1, 0.15) is 32.1 Å². The summed E-state index contributed by atoms with van der Waals surface area (Å²) in [5.41, 5.74) is 5.79. The third-order valence-electron chi connectivity index (χ3n) is 3.99. The van der Waals surface area contributed by atoms with Crippen LogP contribution in [0, 0.1) is 11.8 Å². The summed E-state index contributed by atoms with van der Waals surface area (Å²) in [5.74, 6) is 2.28. The molecule has 2 rings (SSSR count). The molecule has 2 aliphatic rings. The Balaban J connectivity index is 0.00000180. The zero-order chi connectivity index (χ0) is 13.0. The number of sulfone groups is 1. The zero-order valence-corrected chi connectivity index (χ0v) is 14.3. The first kappa shape index (κ1) is 17.0. The lowest BCUT2D eigenvalue weighted by Crippen LogP contribution is -2.38. The minimum atomic E-state index is -2.76. The van der Waals surface area contributed by atoms with Crippen LogP contribution in [-0.4, -0.2) is 39.0 Å². The smallest absolute Gasteiger partial charge is 0.188 e. The number of guanidine groups is 1. The quantitative estimate of drug-likeness (QED) is 0.420. The predicted octanol–water partition coefficient (Wildman–Crippen LogP) is 1.13. The van der Waals surface area contributed by atoms with Crippen LogP contribution in [0.5, 0.6) is 0 Å². The Kier molecular flexibility index (Phi) is 6.85. The largest absolute Gasteiger partial charge is 0.370 e. The van der Waals surface area contributed by atoms with E-state index in [0.717, 1.165) is 31.8 Å². The summed E-state index contributed by atoms with van der Waals surface area (Å²) in [5, 5.41) is 3.12. The first-order valence-electron chi connectivity index (χ1n) is 6.79. The van der Waals surface area contributed by atoms with E-state index >= 15 is 0 Å². The molecule has 5 nitrogen and oxygen atoms in total. The molecule has 0 bridgehead atoms. The molecule has 1 aliphatic heterocycles. The number of rotatable bonds is 4. The van der Waals surface area contributed by atoms with Crippen molar-refractivity contribution in [3.05, 3.63) is 0 Å². The van der Waals surface area contributed by atoms with E-state index in [9.17, 15) is 8.42 Å². The first-order valence-corrected chi connectivity index (χ1v) is 8.61. The fraction of sp³-hybridized carbons (Fsp3) is 0.917. The first-order chi connectivity index (χ1) is 8.55. The maximum atomic E-state index is 11.3. The number of nitrogens with one attached hydrogen (secondary N) is 1. The Bertz CT molecular complexity index is 393. The molecular weight excluding hydrogens is 377 g/mol. The van der Waals surface area contributed by atoms with Gasteiger partial charge in [0, 0.05) is 13.1 Å². The Hall–Kier alpha value is -0.0500. The van der Waals surface area contributed by atoms with Gasteiger partial charge < -0.3 is 11.1 Å². The fourth-order valence-electron chi connectivity index (χ4n) is 2.35. The van der Waals surface area contributed by atoms with Gasteiger partial charge in [-0.25, -0.2) is 8.42 Å². The van der Waals surface area contributed by atoms with Crippen molar-refractivity contribution in [3.63, 3.8) is 0 Å². The molecule has 0 aromatic carbocycles. The second kappa shape index (κ2) is 7.66. The second-order valence-corrected chi connectivity index (χ2v) is 7.80. The topological polar surface area (TPSA) is 84.5 Å². The highest BCUT2D eigenvalue weighted by molar-refractivity contribution is 14.0. The minimum Gasteiger partial charge on any atom is -0.370 e. The molecule has 1 aliphatic carbocycles. The number of nitrogens with zero attached hydrogens (tertiary/aromatic N) is 1. The third kappa shape index (κ3) is 5.85. The molecule has 2 fully saturated rings. The second-order valence-electron chi connectivity index (χ2n) is 5.50. The molecule has 19 heavy (non-hydrogen) atoms. The Morgan fingerprint density at radius 2 is 1.79 bits per heavy atom. The van der Waals surface area contributed by atoms with Crippen LogP contribution in [0.4, 0.5) is 0 Å². The summed E-state index contributed by atoms with van der Waals surface area (Å²) in [4.78, 5) is 4.32. The van der Waals surface area contributed by atoms with Gasteiger partial charge in [-0.3, -0.25) is 4.99 Å². The summed E-state index contributed by atoms with van der Waals surface area (Å²) in [6.45, 7) is 1.58. The highest BCUT2D eigenvalue weighted by Crippen LogP contribution is 2.26. The molecule has 1 saturated heterocycles. The van der Waals surface area contributed by atoms with Crippen molar-refractivity contribution >= 4 is 39.8 Å². The Morgan fingerprint density at radius 1 is 1.16 bits per heavy atom. The van der Waals surface area contributed by atoms with Crippen molar-refractivity contribution in [1.82, 2.24) is 5.32 Å².